The fourth-order valence-electron chi connectivity index (χ4n) is 5.14. The Kier molecular flexibility index (Phi) is 7.47. The summed E-state index contributed by atoms with van der Waals surface area (Å²) in [6, 6.07) is 15.1. The predicted molar refractivity (Wildman–Crippen MR) is 141 cm³/mol. The van der Waals surface area contributed by atoms with E-state index in [1.54, 1.807) is 5.51 Å². The second kappa shape index (κ2) is 11.1. The van der Waals surface area contributed by atoms with Crippen molar-refractivity contribution in [2.24, 2.45) is 5.92 Å². The molecular formula is C27H33N5O2S. The fraction of sp³-hybridized carbons (Fsp3) is 0.444. The van der Waals surface area contributed by atoms with Gasteiger partial charge in [0.05, 0.1) is 23.4 Å². The number of aromatic nitrogens is 2. The summed E-state index contributed by atoms with van der Waals surface area (Å²) in [6.45, 7) is 5.11. The highest BCUT2D eigenvalue weighted by atomic mass is 32.1. The molecule has 0 bridgehead atoms. The second-order valence-electron chi connectivity index (χ2n) is 9.53. The van der Waals surface area contributed by atoms with Crippen LogP contribution in [0.15, 0.2) is 53.4 Å². The first-order chi connectivity index (χ1) is 17.2. The molecule has 1 aromatic carbocycles. The van der Waals surface area contributed by atoms with Gasteiger partial charge in [-0.25, -0.2) is 14.8 Å². The molecule has 1 amide bonds. The van der Waals surface area contributed by atoms with Gasteiger partial charge < -0.3 is 19.8 Å². The van der Waals surface area contributed by atoms with Crippen LogP contribution in [0, 0.1) is 5.92 Å². The van der Waals surface area contributed by atoms with Crippen LogP contribution in [0.5, 0.6) is 0 Å². The van der Waals surface area contributed by atoms with E-state index in [0.29, 0.717) is 19.0 Å². The summed E-state index contributed by atoms with van der Waals surface area (Å²) < 4.78 is 0. The van der Waals surface area contributed by atoms with Crippen LogP contribution in [0.3, 0.4) is 0 Å². The van der Waals surface area contributed by atoms with Crippen molar-refractivity contribution in [1.29, 1.82) is 0 Å². The van der Waals surface area contributed by atoms with Crippen LogP contribution in [0.1, 0.15) is 37.8 Å². The third kappa shape index (κ3) is 5.93. The lowest BCUT2D eigenvalue weighted by molar-refractivity contribution is 0.137. The quantitative estimate of drug-likeness (QED) is 0.443. The molecule has 2 fully saturated rings. The summed E-state index contributed by atoms with van der Waals surface area (Å²) in [5.74, 6) is 1.56. The summed E-state index contributed by atoms with van der Waals surface area (Å²) in [4.78, 5) is 27.2. The highest BCUT2D eigenvalue weighted by molar-refractivity contribution is 7.07. The molecular weight excluding hydrogens is 458 g/mol. The molecule has 1 N–H and O–H groups in total. The van der Waals surface area contributed by atoms with Crippen molar-refractivity contribution in [2.45, 2.75) is 38.6 Å². The van der Waals surface area contributed by atoms with E-state index < -0.39 is 6.09 Å². The largest absolute Gasteiger partial charge is 0.465 e. The second-order valence-corrected chi connectivity index (χ2v) is 10.2. The normalized spacial score (nSPS) is 16.6. The van der Waals surface area contributed by atoms with E-state index in [9.17, 15) is 9.90 Å². The average molecular weight is 492 g/mol. The summed E-state index contributed by atoms with van der Waals surface area (Å²) >= 11 is 1.50. The molecule has 184 valence electrons. The molecule has 35 heavy (non-hydrogen) atoms. The van der Waals surface area contributed by atoms with Crippen molar-refractivity contribution < 1.29 is 9.90 Å². The Balaban J connectivity index is 1.17. The smallest absolute Gasteiger partial charge is 0.407 e. The summed E-state index contributed by atoms with van der Waals surface area (Å²) in [5, 5.41) is 11.5. The van der Waals surface area contributed by atoms with Gasteiger partial charge in [0.2, 0.25) is 0 Å². The van der Waals surface area contributed by atoms with Gasteiger partial charge in [-0.1, -0.05) is 18.2 Å². The zero-order chi connectivity index (χ0) is 24.0. The molecule has 0 spiro atoms. The van der Waals surface area contributed by atoms with Gasteiger partial charge in [0.25, 0.3) is 0 Å². The first-order valence-corrected chi connectivity index (χ1v) is 13.5. The highest BCUT2D eigenvalue weighted by Gasteiger charge is 2.23. The Morgan fingerprint density at radius 3 is 2.60 bits per heavy atom. The molecule has 0 aliphatic carbocycles. The summed E-state index contributed by atoms with van der Waals surface area (Å²) in [7, 11) is 0. The number of benzene rings is 1. The van der Waals surface area contributed by atoms with E-state index in [1.807, 2.05) is 5.38 Å². The van der Waals surface area contributed by atoms with E-state index in [1.165, 1.54) is 40.3 Å². The number of hydrogen-bond acceptors (Lipinski definition) is 6. The highest BCUT2D eigenvalue weighted by Crippen LogP contribution is 2.29. The monoisotopic (exact) mass is 491 g/mol. The standard InChI is InChI=1S/C27H33N5O2S/c33-27(34)32(18-23-19-35-20-28-23)16-11-21-9-14-31(15-10-21)26-8-4-7-25(29-26)22-5-3-6-24(17-22)30-12-1-2-13-30/h3-8,17,19-21H,1-2,9-16,18H2,(H,33,34). The van der Waals surface area contributed by atoms with Gasteiger partial charge in [-0.15, -0.1) is 11.3 Å². The Hall–Kier alpha value is -3.13. The molecule has 2 aromatic heterocycles. The van der Waals surface area contributed by atoms with Gasteiger partial charge >= 0.3 is 6.09 Å². The maximum absolute atomic E-state index is 11.7. The van der Waals surface area contributed by atoms with Crippen molar-refractivity contribution in [2.75, 3.05) is 42.5 Å². The number of nitrogens with zero attached hydrogens (tertiary/aromatic N) is 5. The number of pyridine rings is 1. The minimum atomic E-state index is -0.870. The van der Waals surface area contributed by atoms with E-state index in [-0.39, 0.29) is 0 Å². The average Bonchev–Trinajstić information content (AvgIpc) is 3.62. The number of piperidine rings is 1. The first kappa shape index (κ1) is 23.6. The van der Waals surface area contributed by atoms with Crippen LogP contribution in [0.25, 0.3) is 11.3 Å². The molecule has 5 rings (SSSR count). The summed E-state index contributed by atoms with van der Waals surface area (Å²) in [6.07, 6.45) is 4.68. The molecule has 0 atom stereocenters. The van der Waals surface area contributed by atoms with Crippen LogP contribution >= 0.6 is 11.3 Å². The van der Waals surface area contributed by atoms with Crippen LogP contribution in [-0.2, 0) is 6.54 Å². The molecule has 0 unspecified atom stereocenters. The molecule has 0 radical (unpaired) electrons. The Labute approximate surface area is 211 Å². The van der Waals surface area contributed by atoms with Crippen LogP contribution in [-0.4, -0.2) is 58.8 Å². The number of hydrogen-bond donors (Lipinski definition) is 1. The third-order valence-corrected chi connectivity index (χ3v) is 7.84. The predicted octanol–water partition coefficient (Wildman–Crippen LogP) is 5.59. The summed E-state index contributed by atoms with van der Waals surface area (Å²) in [5.41, 5.74) is 6.05. The maximum Gasteiger partial charge on any atom is 0.407 e. The third-order valence-electron chi connectivity index (χ3n) is 7.20. The number of thiazole rings is 1. The van der Waals surface area contributed by atoms with Crippen LogP contribution < -0.4 is 9.80 Å². The lowest BCUT2D eigenvalue weighted by Crippen LogP contribution is -2.36. The molecule has 2 saturated heterocycles. The van der Waals surface area contributed by atoms with E-state index in [2.05, 4.69) is 57.2 Å². The van der Waals surface area contributed by atoms with Crippen molar-refractivity contribution in [3.63, 3.8) is 0 Å². The topological polar surface area (TPSA) is 72.8 Å². The number of amides is 1. The Bertz CT molecular complexity index is 1110. The van der Waals surface area contributed by atoms with Crippen molar-refractivity contribution in [1.82, 2.24) is 14.9 Å². The van der Waals surface area contributed by atoms with Crippen molar-refractivity contribution in [3.8, 4) is 11.3 Å². The molecule has 0 saturated carbocycles. The molecule has 8 heteroatoms. The number of anilines is 2. The molecule has 7 nitrogen and oxygen atoms in total. The van der Waals surface area contributed by atoms with E-state index in [0.717, 1.165) is 62.6 Å². The van der Waals surface area contributed by atoms with Gasteiger partial charge in [-0.2, -0.15) is 0 Å². The zero-order valence-electron chi connectivity index (χ0n) is 20.1. The fourth-order valence-corrected chi connectivity index (χ4v) is 5.69. The zero-order valence-corrected chi connectivity index (χ0v) is 20.9. The van der Waals surface area contributed by atoms with Gasteiger partial charge in [0, 0.05) is 49.4 Å². The maximum atomic E-state index is 11.7. The number of carboxylic acid groups (broad SMARTS) is 1. The molecule has 3 aromatic rings. The molecule has 2 aliphatic heterocycles. The number of carbonyl (C=O) groups is 1. The molecule has 2 aliphatic rings. The van der Waals surface area contributed by atoms with Gasteiger partial charge in [0.15, 0.2) is 0 Å². The lowest BCUT2D eigenvalue weighted by atomic mass is 9.93. The van der Waals surface area contributed by atoms with Crippen molar-refractivity contribution in [3.05, 3.63) is 59.0 Å². The SMILES string of the molecule is O=C(O)N(CCC1CCN(c2cccc(-c3cccc(N4CCCC4)c3)n2)CC1)Cc1cscn1. The van der Waals surface area contributed by atoms with Gasteiger partial charge in [-0.05, 0) is 62.3 Å². The van der Waals surface area contributed by atoms with E-state index in [4.69, 9.17) is 4.98 Å². The minimum Gasteiger partial charge on any atom is -0.465 e. The van der Waals surface area contributed by atoms with Gasteiger partial charge in [0.1, 0.15) is 5.82 Å². The minimum absolute atomic E-state index is 0.368. The lowest BCUT2D eigenvalue weighted by Gasteiger charge is -2.33. The Morgan fingerprint density at radius 2 is 1.86 bits per heavy atom. The Morgan fingerprint density at radius 1 is 1.06 bits per heavy atom. The van der Waals surface area contributed by atoms with Crippen LogP contribution in [0.2, 0.25) is 0 Å². The van der Waals surface area contributed by atoms with Gasteiger partial charge in [-0.3, -0.25) is 0 Å². The molecule has 4 heterocycles. The van der Waals surface area contributed by atoms with Crippen LogP contribution in [0.4, 0.5) is 16.3 Å². The number of rotatable bonds is 8. The van der Waals surface area contributed by atoms with E-state index >= 15 is 0 Å². The first-order valence-electron chi connectivity index (χ1n) is 12.6. The van der Waals surface area contributed by atoms with Crippen molar-refractivity contribution >= 4 is 28.9 Å².